The van der Waals surface area contributed by atoms with Crippen LogP contribution in [0, 0.1) is 10.1 Å². The van der Waals surface area contributed by atoms with Crippen molar-refractivity contribution in [3.05, 3.63) is 46.5 Å². The first-order valence-corrected chi connectivity index (χ1v) is 3.50. The fourth-order valence-corrected chi connectivity index (χ4v) is 0.467. The lowest BCUT2D eigenvalue weighted by atomic mass is 10.4. The maximum absolute atomic E-state index is 9.24. The van der Waals surface area contributed by atoms with Gasteiger partial charge < -0.3 is 5.11 Å². The lowest BCUT2D eigenvalue weighted by Gasteiger charge is -1.80. The third-order valence-electron chi connectivity index (χ3n) is 0.949. The topological polar surface area (TPSA) is 63.4 Å². The van der Waals surface area contributed by atoms with Crippen LogP contribution < -0.4 is 0 Å². The molecule has 0 heterocycles. The largest absolute Gasteiger partial charge is 0.390 e. The lowest BCUT2D eigenvalue weighted by Crippen LogP contribution is -2.03. The van der Waals surface area contributed by atoms with Crippen LogP contribution in [0.15, 0.2) is 36.4 Å². The molecule has 0 bridgehead atoms. The molecule has 1 aromatic carbocycles. The Bertz CT molecular complexity index is 174. The minimum atomic E-state index is -0.569. The van der Waals surface area contributed by atoms with E-state index >= 15 is 0 Å². The monoisotopic (exact) mass is 169 g/mol. The molecule has 0 aliphatic rings. The zero-order valence-corrected chi connectivity index (χ0v) is 6.59. The molecule has 4 heteroatoms. The zero-order valence-electron chi connectivity index (χ0n) is 6.59. The van der Waals surface area contributed by atoms with Gasteiger partial charge in [-0.05, 0) is 0 Å². The Morgan fingerprint density at radius 2 is 1.42 bits per heavy atom. The standard InChI is InChI=1S/C6H6.C2H5NO3/c1-2-4-6-5-3-1;4-2-1-3(5)6/h1-6H;4H,1-2H2. The molecular weight excluding hydrogens is 158 g/mol. The number of aliphatic hydroxyl groups excluding tert-OH is 1. The van der Waals surface area contributed by atoms with Crippen molar-refractivity contribution in [1.29, 1.82) is 0 Å². The average Bonchev–Trinajstić information content (AvgIpc) is 2.08. The normalized spacial score (nSPS) is 8.08. The van der Waals surface area contributed by atoms with E-state index in [-0.39, 0.29) is 13.2 Å². The highest BCUT2D eigenvalue weighted by atomic mass is 16.6. The summed E-state index contributed by atoms with van der Waals surface area (Å²) in [5.74, 6) is 0. The molecule has 4 nitrogen and oxygen atoms in total. The van der Waals surface area contributed by atoms with Crippen LogP contribution in [0.4, 0.5) is 0 Å². The Morgan fingerprint density at radius 3 is 1.50 bits per heavy atom. The van der Waals surface area contributed by atoms with Crippen molar-refractivity contribution in [3.8, 4) is 0 Å². The second-order valence-corrected chi connectivity index (χ2v) is 1.93. The van der Waals surface area contributed by atoms with E-state index in [0.717, 1.165) is 0 Å². The van der Waals surface area contributed by atoms with Crippen LogP contribution in [-0.4, -0.2) is 23.2 Å². The van der Waals surface area contributed by atoms with Crippen molar-refractivity contribution in [2.75, 3.05) is 13.2 Å². The Kier molecular flexibility index (Phi) is 6.78. The first-order chi connectivity index (χ1) is 5.77. The van der Waals surface area contributed by atoms with E-state index in [0.29, 0.717) is 0 Å². The summed E-state index contributed by atoms with van der Waals surface area (Å²) in [4.78, 5) is 8.68. The molecular formula is C8H11NO3. The number of rotatable bonds is 2. The first-order valence-electron chi connectivity index (χ1n) is 3.50. The van der Waals surface area contributed by atoms with Crippen molar-refractivity contribution in [2.24, 2.45) is 0 Å². The number of hydrogen-bond donors (Lipinski definition) is 1. The Labute approximate surface area is 70.6 Å². The molecule has 0 unspecified atom stereocenters. The van der Waals surface area contributed by atoms with E-state index in [1.807, 2.05) is 36.4 Å². The maximum Gasteiger partial charge on any atom is 0.226 e. The maximum atomic E-state index is 9.24. The van der Waals surface area contributed by atoms with Crippen molar-refractivity contribution in [3.63, 3.8) is 0 Å². The van der Waals surface area contributed by atoms with E-state index < -0.39 is 4.92 Å². The Morgan fingerprint density at radius 1 is 1.08 bits per heavy atom. The molecule has 0 atom stereocenters. The number of nitrogens with zero attached hydrogens (tertiary/aromatic N) is 1. The first kappa shape index (κ1) is 10.6. The quantitative estimate of drug-likeness (QED) is 0.529. The number of hydrogen-bond acceptors (Lipinski definition) is 3. The molecule has 1 aromatic rings. The van der Waals surface area contributed by atoms with E-state index in [1.54, 1.807) is 0 Å². The van der Waals surface area contributed by atoms with Gasteiger partial charge in [0.15, 0.2) is 0 Å². The van der Waals surface area contributed by atoms with Gasteiger partial charge in [-0.15, -0.1) is 0 Å². The average molecular weight is 169 g/mol. The highest BCUT2D eigenvalue weighted by Gasteiger charge is 1.87. The van der Waals surface area contributed by atoms with Gasteiger partial charge in [0, 0.05) is 4.92 Å². The van der Waals surface area contributed by atoms with Gasteiger partial charge in [0.05, 0.1) is 0 Å². The molecule has 0 aliphatic carbocycles. The molecule has 12 heavy (non-hydrogen) atoms. The fraction of sp³-hybridized carbons (Fsp3) is 0.250. The second-order valence-electron chi connectivity index (χ2n) is 1.93. The summed E-state index contributed by atoms with van der Waals surface area (Å²) >= 11 is 0. The lowest BCUT2D eigenvalue weighted by molar-refractivity contribution is -0.482. The van der Waals surface area contributed by atoms with Gasteiger partial charge in [0.25, 0.3) is 0 Å². The van der Waals surface area contributed by atoms with Gasteiger partial charge in [-0.1, -0.05) is 36.4 Å². The molecule has 0 fully saturated rings. The summed E-state index contributed by atoms with van der Waals surface area (Å²) < 4.78 is 0. The number of nitro groups is 1. The molecule has 66 valence electrons. The minimum absolute atomic E-state index is 0.347. The number of benzene rings is 1. The smallest absolute Gasteiger partial charge is 0.226 e. The predicted octanol–water partition coefficient (Wildman–Crippen LogP) is 0.942. The summed E-state index contributed by atoms with van der Waals surface area (Å²) in [6.45, 7) is -0.715. The van der Waals surface area contributed by atoms with Crippen LogP contribution in [0.1, 0.15) is 0 Å². The Hall–Kier alpha value is -1.42. The molecule has 0 aliphatic heterocycles. The van der Waals surface area contributed by atoms with E-state index in [1.165, 1.54) is 0 Å². The zero-order chi connectivity index (χ0) is 9.23. The highest BCUT2D eigenvalue weighted by molar-refractivity contribution is 4.99. The second kappa shape index (κ2) is 7.68. The van der Waals surface area contributed by atoms with Gasteiger partial charge in [0.1, 0.15) is 6.61 Å². The highest BCUT2D eigenvalue weighted by Crippen LogP contribution is 1.79. The van der Waals surface area contributed by atoms with Gasteiger partial charge in [-0.2, -0.15) is 0 Å². The minimum Gasteiger partial charge on any atom is -0.390 e. The van der Waals surface area contributed by atoms with E-state index in [4.69, 9.17) is 5.11 Å². The van der Waals surface area contributed by atoms with E-state index in [9.17, 15) is 10.1 Å². The molecule has 0 spiro atoms. The van der Waals surface area contributed by atoms with Crippen LogP contribution in [0.5, 0.6) is 0 Å². The summed E-state index contributed by atoms with van der Waals surface area (Å²) in [5, 5.41) is 17.0. The van der Waals surface area contributed by atoms with Crippen molar-refractivity contribution in [1.82, 2.24) is 0 Å². The summed E-state index contributed by atoms with van der Waals surface area (Å²) in [7, 11) is 0. The third-order valence-corrected chi connectivity index (χ3v) is 0.949. The van der Waals surface area contributed by atoms with Gasteiger partial charge >= 0.3 is 0 Å². The van der Waals surface area contributed by atoms with Crippen molar-refractivity contribution in [2.45, 2.75) is 0 Å². The van der Waals surface area contributed by atoms with E-state index in [2.05, 4.69) is 0 Å². The van der Waals surface area contributed by atoms with Crippen LogP contribution in [0.3, 0.4) is 0 Å². The van der Waals surface area contributed by atoms with Crippen LogP contribution in [0.25, 0.3) is 0 Å². The van der Waals surface area contributed by atoms with Crippen LogP contribution in [0.2, 0.25) is 0 Å². The van der Waals surface area contributed by atoms with Gasteiger partial charge in [0.2, 0.25) is 6.54 Å². The van der Waals surface area contributed by atoms with Gasteiger partial charge in [-0.3, -0.25) is 10.1 Å². The molecule has 0 amide bonds. The molecule has 1 rings (SSSR count). The fourth-order valence-electron chi connectivity index (χ4n) is 0.467. The van der Waals surface area contributed by atoms with Crippen LogP contribution in [-0.2, 0) is 0 Å². The van der Waals surface area contributed by atoms with Crippen molar-refractivity contribution < 1.29 is 10.0 Å². The predicted molar refractivity (Wildman–Crippen MR) is 45.4 cm³/mol. The van der Waals surface area contributed by atoms with Crippen molar-refractivity contribution >= 4 is 0 Å². The molecule has 0 radical (unpaired) electrons. The summed E-state index contributed by atoms with van der Waals surface area (Å²) in [6, 6.07) is 12.0. The van der Waals surface area contributed by atoms with Gasteiger partial charge in [-0.25, -0.2) is 0 Å². The Balaban J connectivity index is 0.000000202. The molecule has 0 aromatic heterocycles. The molecule has 1 N–H and O–H groups in total. The number of aliphatic hydroxyl groups is 1. The SMILES string of the molecule is O=[N+]([O-])CCO.c1ccccc1. The summed E-state index contributed by atoms with van der Waals surface area (Å²) in [5.41, 5.74) is 0. The molecule has 0 saturated heterocycles. The summed E-state index contributed by atoms with van der Waals surface area (Å²) in [6.07, 6.45) is 0. The van der Waals surface area contributed by atoms with Crippen LogP contribution >= 0.6 is 0 Å². The molecule has 0 saturated carbocycles. The third kappa shape index (κ3) is 8.58.